The number of anilines is 1. The third kappa shape index (κ3) is 7.29. The topological polar surface area (TPSA) is 115 Å². The number of aliphatic hydroxyl groups is 1. The van der Waals surface area contributed by atoms with Gasteiger partial charge in [0.25, 0.3) is 5.91 Å². The summed E-state index contributed by atoms with van der Waals surface area (Å²) in [5.74, 6) is 2.52. The van der Waals surface area contributed by atoms with Crippen LogP contribution in [0, 0.1) is 30.1 Å². The van der Waals surface area contributed by atoms with Crippen LogP contribution < -0.4 is 15.0 Å². The molecule has 1 saturated carbocycles. The SMILES string of the molecule is Cc1c(OC2CCC(NC(=O)c3ccc(N4CCC(CN5CCC(O)CC5)C(C)C4)nn3)CC2)ccc(C#N)c1Cl. The second kappa shape index (κ2) is 13.4. The third-order valence-corrected chi connectivity index (χ3v) is 9.59. The highest BCUT2D eigenvalue weighted by Crippen LogP contribution is 2.32. The molecule has 0 radical (unpaired) electrons. The van der Waals surface area contributed by atoms with Crippen molar-refractivity contribution in [3.8, 4) is 11.8 Å². The van der Waals surface area contributed by atoms with Gasteiger partial charge in [0.05, 0.1) is 22.8 Å². The molecule has 0 spiro atoms. The van der Waals surface area contributed by atoms with E-state index in [1.54, 1.807) is 18.2 Å². The number of likely N-dealkylation sites (tertiary alicyclic amines) is 1. The number of nitriles is 1. The van der Waals surface area contributed by atoms with E-state index >= 15 is 0 Å². The van der Waals surface area contributed by atoms with E-state index in [0.29, 0.717) is 33.9 Å². The molecule has 2 saturated heterocycles. The van der Waals surface area contributed by atoms with Crippen molar-refractivity contribution in [3.63, 3.8) is 0 Å². The molecule has 3 fully saturated rings. The van der Waals surface area contributed by atoms with Crippen LogP contribution in [0.2, 0.25) is 5.02 Å². The van der Waals surface area contributed by atoms with Crippen LogP contribution in [-0.2, 0) is 0 Å². The van der Waals surface area contributed by atoms with E-state index in [4.69, 9.17) is 21.6 Å². The van der Waals surface area contributed by atoms with Gasteiger partial charge in [0, 0.05) is 44.3 Å². The van der Waals surface area contributed by atoms with Crippen LogP contribution in [0.5, 0.6) is 5.75 Å². The number of hydrogen-bond acceptors (Lipinski definition) is 8. The first-order valence-corrected chi connectivity index (χ1v) is 15.3. The highest BCUT2D eigenvalue weighted by atomic mass is 35.5. The second-order valence-corrected chi connectivity index (χ2v) is 12.4. The first-order chi connectivity index (χ1) is 19.8. The third-order valence-electron chi connectivity index (χ3n) is 9.10. The Bertz CT molecular complexity index is 1240. The Hall–Kier alpha value is -2.93. The van der Waals surface area contributed by atoms with Crippen LogP contribution in [0.25, 0.3) is 0 Å². The zero-order valence-corrected chi connectivity index (χ0v) is 24.8. The summed E-state index contributed by atoms with van der Waals surface area (Å²) < 4.78 is 6.19. The fourth-order valence-corrected chi connectivity index (χ4v) is 6.57. The van der Waals surface area contributed by atoms with Gasteiger partial charge in [-0.25, -0.2) is 0 Å². The second-order valence-electron chi connectivity index (χ2n) is 12.0. The van der Waals surface area contributed by atoms with Crippen molar-refractivity contribution in [2.45, 2.75) is 77.0 Å². The number of nitrogens with one attached hydrogen (secondary N) is 1. The summed E-state index contributed by atoms with van der Waals surface area (Å²) in [5.41, 5.74) is 1.57. The maximum atomic E-state index is 12.9. The molecule has 2 atom stereocenters. The van der Waals surface area contributed by atoms with E-state index in [-0.39, 0.29) is 24.2 Å². The van der Waals surface area contributed by atoms with Crippen LogP contribution >= 0.6 is 11.6 Å². The van der Waals surface area contributed by atoms with Crippen molar-refractivity contribution in [1.82, 2.24) is 20.4 Å². The summed E-state index contributed by atoms with van der Waals surface area (Å²) in [6.45, 7) is 9.13. The highest BCUT2D eigenvalue weighted by molar-refractivity contribution is 6.32. The number of ether oxygens (including phenoxy) is 1. The zero-order chi connectivity index (χ0) is 28.9. The summed E-state index contributed by atoms with van der Waals surface area (Å²) in [6.07, 6.45) is 6.06. The molecule has 10 heteroatoms. The van der Waals surface area contributed by atoms with Crippen LogP contribution in [-0.4, -0.2) is 77.1 Å². The number of aliphatic hydroxyl groups excluding tert-OH is 1. The van der Waals surface area contributed by atoms with Crippen molar-refractivity contribution in [1.29, 1.82) is 5.26 Å². The van der Waals surface area contributed by atoms with Crippen molar-refractivity contribution in [2.24, 2.45) is 11.8 Å². The normalized spacial score (nSPS) is 25.9. The minimum absolute atomic E-state index is 0.0456. The highest BCUT2D eigenvalue weighted by Gasteiger charge is 2.30. The quantitative estimate of drug-likeness (QED) is 0.497. The average molecular weight is 581 g/mol. The van der Waals surface area contributed by atoms with Gasteiger partial charge in [0.1, 0.15) is 11.8 Å². The lowest BCUT2D eigenvalue weighted by molar-refractivity contribution is 0.0667. The lowest BCUT2D eigenvalue weighted by Gasteiger charge is -2.40. The molecule has 2 unspecified atom stereocenters. The average Bonchev–Trinajstić information content (AvgIpc) is 2.99. The van der Waals surface area contributed by atoms with Gasteiger partial charge in [-0.3, -0.25) is 4.79 Å². The molecule has 5 rings (SSSR count). The smallest absolute Gasteiger partial charge is 0.272 e. The van der Waals surface area contributed by atoms with E-state index in [9.17, 15) is 9.90 Å². The molecule has 1 aliphatic carbocycles. The summed E-state index contributed by atoms with van der Waals surface area (Å²) in [4.78, 5) is 17.7. The van der Waals surface area contributed by atoms with Gasteiger partial charge in [0.15, 0.2) is 11.5 Å². The molecule has 3 aliphatic rings. The number of halogens is 1. The summed E-state index contributed by atoms with van der Waals surface area (Å²) in [6, 6.07) is 9.35. The summed E-state index contributed by atoms with van der Waals surface area (Å²) >= 11 is 6.29. The van der Waals surface area contributed by atoms with Gasteiger partial charge in [-0.1, -0.05) is 18.5 Å². The summed E-state index contributed by atoms with van der Waals surface area (Å²) in [5, 5.41) is 31.2. The first kappa shape index (κ1) is 29.6. The Kier molecular flexibility index (Phi) is 9.64. The van der Waals surface area contributed by atoms with E-state index in [2.05, 4.69) is 38.3 Å². The maximum absolute atomic E-state index is 12.9. The Labute approximate surface area is 247 Å². The molecule has 2 N–H and O–H groups in total. The van der Waals surface area contributed by atoms with E-state index in [1.165, 1.54) is 0 Å². The van der Waals surface area contributed by atoms with Crippen LogP contribution in [0.1, 0.15) is 73.5 Å². The van der Waals surface area contributed by atoms with Crippen LogP contribution in [0.15, 0.2) is 24.3 Å². The van der Waals surface area contributed by atoms with Crippen molar-refractivity contribution in [3.05, 3.63) is 46.1 Å². The molecule has 2 aliphatic heterocycles. The minimum atomic E-state index is -0.193. The number of nitrogens with zero attached hydrogens (tertiary/aromatic N) is 5. The Balaban J connectivity index is 1.06. The van der Waals surface area contributed by atoms with Gasteiger partial charge < -0.3 is 25.0 Å². The number of piperidine rings is 2. The van der Waals surface area contributed by atoms with Crippen LogP contribution in [0.3, 0.4) is 0 Å². The Morgan fingerprint density at radius 2 is 1.85 bits per heavy atom. The minimum Gasteiger partial charge on any atom is -0.490 e. The largest absolute Gasteiger partial charge is 0.490 e. The predicted octanol–water partition coefficient (Wildman–Crippen LogP) is 4.35. The van der Waals surface area contributed by atoms with Gasteiger partial charge >= 0.3 is 0 Å². The van der Waals surface area contributed by atoms with Crippen LogP contribution in [0.4, 0.5) is 5.82 Å². The molecule has 1 aromatic carbocycles. The molecular formula is C31H41ClN6O3. The van der Waals surface area contributed by atoms with E-state index < -0.39 is 0 Å². The first-order valence-electron chi connectivity index (χ1n) is 15.0. The molecule has 41 heavy (non-hydrogen) atoms. The number of rotatable bonds is 7. The molecule has 3 heterocycles. The van der Waals surface area contributed by atoms with E-state index in [1.807, 2.05) is 13.0 Å². The number of carbonyl (C=O) groups excluding carboxylic acids is 1. The number of carbonyl (C=O) groups is 1. The Morgan fingerprint density at radius 1 is 1.10 bits per heavy atom. The van der Waals surface area contributed by atoms with Gasteiger partial charge in [-0.15, -0.1) is 10.2 Å². The number of hydrogen-bond donors (Lipinski definition) is 2. The molecular weight excluding hydrogens is 540 g/mol. The monoisotopic (exact) mass is 580 g/mol. The van der Waals surface area contributed by atoms with Gasteiger partial charge in [-0.05, 0) is 88.0 Å². The standard InChI is InChI=1S/C31H41ClN6O3/c1-20-18-38(16-11-23(20)19-37-14-12-25(39)13-15-37)29-10-8-27(35-36-29)31(40)34-24-4-6-26(7-5-24)41-28-9-3-22(17-33)30(32)21(28)2/h3,8-10,20,23-26,39H,4-7,11-16,18-19H2,1-2H3,(H,34,40). The molecule has 2 aromatic rings. The fraction of sp³-hybridized carbons (Fsp3) is 0.613. The van der Waals surface area contributed by atoms with Crippen molar-refractivity contribution in [2.75, 3.05) is 37.6 Å². The van der Waals surface area contributed by atoms with Crippen molar-refractivity contribution < 1.29 is 14.6 Å². The van der Waals surface area contributed by atoms with Gasteiger partial charge in [0.2, 0.25) is 0 Å². The predicted molar refractivity (Wildman–Crippen MR) is 158 cm³/mol. The zero-order valence-electron chi connectivity index (χ0n) is 24.1. The fourth-order valence-electron chi connectivity index (χ4n) is 6.37. The number of aromatic nitrogens is 2. The Morgan fingerprint density at radius 3 is 2.51 bits per heavy atom. The van der Waals surface area contributed by atoms with Gasteiger partial charge in [-0.2, -0.15) is 5.26 Å². The molecule has 1 amide bonds. The molecule has 9 nitrogen and oxygen atoms in total. The number of amides is 1. The molecule has 0 bridgehead atoms. The summed E-state index contributed by atoms with van der Waals surface area (Å²) in [7, 11) is 0. The van der Waals surface area contributed by atoms with E-state index in [0.717, 1.165) is 89.1 Å². The number of benzene rings is 1. The lowest BCUT2D eigenvalue weighted by Crippen LogP contribution is -2.46. The van der Waals surface area contributed by atoms with Crippen molar-refractivity contribution >= 4 is 23.3 Å². The lowest BCUT2D eigenvalue weighted by atomic mass is 9.86. The molecule has 1 aromatic heterocycles. The molecule has 220 valence electrons. The maximum Gasteiger partial charge on any atom is 0.272 e.